The van der Waals surface area contributed by atoms with Gasteiger partial charge in [-0.15, -0.1) is 0 Å². The highest BCUT2D eigenvalue weighted by Gasteiger charge is 2.36. The number of esters is 1. The maximum atomic E-state index is 13.2. The smallest absolute Gasteiger partial charge is 0.321 e. The van der Waals surface area contributed by atoms with Crippen LogP contribution in [0.1, 0.15) is 56.0 Å². The lowest BCUT2D eigenvalue weighted by Crippen LogP contribution is -2.38. The molecule has 158 valence electrons. The molecule has 0 bridgehead atoms. The van der Waals surface area contributed by atoms with Crippen molar-refractivity contribution in [3.05, 3.63) is 77.9 Å². The molecule has 4 atom stereocenters. The van der Waals surface area contributed by atoms with E-state index in [1.54, 1.807) is 18.2 Å². The Morgan fingerprint density at radius 3 is 2.23 bits per heavy atom. The van der Waals surface area contributed by atoms with Gasteiger partial charge in [-0.05, 0) is 36.2 Å². The third-order valence-electron chi connectivity index (χ3n) is 6.10. The Morgan fingerprint density at radius 2 is 1.60 bits per heavy atom. The quantitative estimate of drug-likeness (QED) is 0.313. The number of carbonyl (C=O) groups is 2. The predicted octanol–water partition coefficient (Wildman–Crippen LogP) is 6.20. The average molecular weight is 405 g/mol. The number of Topliss-reactive ketones (excluding diaryl/α,β-unsaturated/α-hetero) is 1. The Labute approximate surface area is 180 Å². The number of ether oxygens (including phenoxy) is 1. The Morgan fingerprint density at radius 1 is 0.967 bits per heavy atom. The van der Waals surface area contributed by atoms with E-state index >= 15 is 0 Å². The molecule has 0 spiro atoms. The molecule has 1 fully saturated rings. The topological polar surface area (TPSA) is 43.4 Å². The SMILES string of the molecule is CC(C)[C@H]1CC[C@H](C)C[C@H]1OC(=O)[C@@H](C=Cc1ccccc1)C(=O)c1ccccc1. The summed E-state index contributed by atoms with van der Waals surface area (Å²) in [4.78, 5) is 26.4. The van der Waals surface area contributed by atoms with Crippen molar-refractivity contribution in [3.63, 3.8) is 0 Å². The molecule has 3 heteroatoms. The molecule has 0 radical (unpaired) electrons. The second kappa shape index (κ2) is 10.4. The summed E-state index contributed by atoms with van der Waals surface area (Å²) < 4.78 is 6.02. The first kappa shape index (κ1) is 22.0. The van der Waals surface area contributed by atoms with Crippen LogP contribution in [0, 0.1) is 23.7 Å². The van der Waals surface area contributed by atoms with Gasteiger partial charge in [-0.25, -0.2) is 0 Å². The van der Waals surface area contributed by atoms with Crippen LogP contribution in [0.4, 0.5) is 0 Å². The van der Waals surface area contributed by atoms with Crippen LogP contribution in [-0.2, 0) is 9.53 Å². The van der Waals surface area contributed by atoms with Gasteiger partial charge in [0, 0.05) is 5.56 Å². The average Bonchev–Trinajstić information content (AvgIpc) is 2.75. The highest BCUT2D eigenvalue weighted by atomic mass is 16.5. The molecule has 30 heavy (non-hydrogen) atoms. The largest absolute Gasteiger partial charge is 0.461 e. The molecule has 2 aromatic rings. The molecule has 3 rings (SSSR count). The number of rotatable bonds is 7. The van der Waals surface area contributed by atoms with Crippen LogP contribution in [0.3, 0.4) is 0 Å². The molecule has 1 aliphatic carbocycles. The number of hydrogen-bond acceptors (Lipinski definition) is 3. The standard InChI is InChI=1S/C27H32O3/c1-19(2)23-16-14-20(3)18-25(23)30-27(29)24(17-15-21-10-6-4-7-11-21)26(28)22-12-8-5-9-13-22/h4-13,15,17,19-20,23-25H,14,16,18H2,1-3H3/t20-,23+,24-,25+/m0/s1. The summed E-state index contributed by atoms with van der Waals surface area (Å²) in [6.45, 7) is 6.58. The summed E-state index contributed by atoms with van der Waals surface area (Å²) in [7, 11) is 0. The van der Waals surface area contributed by atoms with E-state index in [1.165, 1.54) is 0 Å². The van der Waals surface area contributed by atoms with Gasteiger partial charge in [-0.2, -0.15) is 0 Å². The fourth-order valence-corrected chi connectivity index (χ4v) is 4.30. The highest BCUT2D eigenvalue weighted by Crippen LogP contribution is 2.36. The maximum Gasteiger partial charge on any atom is 0.321 e. The van der Waals surface area contributed by atoms with Crippen LogP contribution in [0.25, 0.3) is 6.08 Å². The van der Waals surface area contributed by atoms with Gasteiger partial charge < -0.3 is 4.74 Å². The van der Waals surface area contributed by atoms with E-state index in [-0.39, 0.29) is 11.9 Å². The van der Waals surface area contributed by atoms with Crippen molar-refractivity contribution in [2.24, 2.45) is 23.7 Å². The van der Waals surface area contributed by atoms with Crippen molar-refractivity contribution in [2.75, 3.05) is 0 Å². The molecule has 0 amide bonds. The Hall–Kier alpha value is -2.68. The van der Waals surface area contributed by atoms with Gasteiger partial charge in [0.05, 0.1) is 0 Å². The second-order valence-corrected chi connectivity index (χ2v) is 8.78. The van der Waals surface area contributed by atoms with E-state index in [2.05, 4.69) is 20.8 Å². The number of ketones is 1. The minimum Gasteiger partial charge on any atom is -0.461 e. The minimum atomic E-state index is -0.947. The molecule has 0 aliphatic heterocycles. The van der Waals surface area contributed by atoms with Gasteiger partial charge in [-0.3, -0.25) is 9.59 Å². The molecule has 0 saturated heterocycles. The van der Waals surface area contributed by atoms with Gasteiger partial charge >= 0.3 is 5.97 Å². The lowest BCUT2D eigenvalue weighted by Gasteiger charge is -2.37. The molecule has 0 aromatic heterocycles. The summed E-state index contributed by atoms with van der Waals surface area (Å²) >= 11 is 0. The van der Waals surface area contributed by atoms with E-state index in [9.17, 15) is 9.59 Å². The summed E-state index contributed by atoms with van der Waals surface area (Å²) in [5.41, 5.74) is 1.47. The molecule has 0 unspecified atom stereocenters. The zero-order valence-electron chi connectivity index (χ0n) is 18.2. The van der Waals surface area contributed by atoms with E-state index in [0.29, 0.717) is 23.3 Å². The van der Waals surface area contributed by atoms with Crippen molar-refractivity contribution in [3.8, 4) is 0 Å². The summed E-state index contributed by atoms with van der Waals surface area (Å²) in [6, 6.07) is 18.7. The first-order valence-electron chi connectivity index (χ1n) is 11.0. The van der Waals surface area contributed by atoms with E-state index in [0.717, 1.165) is 24.8 Å². The Kier molecular flexibility index (Phi) is 7.62. The van der Waals surface area contributed by atoms with Crippen molar-refractivity contribution in [2.45, 2.75) is 46.1 Å². The van der Waals surface area contributed by atoms with Crippen LogP contribution < -0.4 is 0 Å². The lowest BCUT2D eigenvalue weighted by molar-refractivity contribution is -0.157. The molecule has 2 aromatic carbocycles. The fourth-order valence-electron chi connectivity index (χ4n) is 4.30. The van der Waals surface area contributed by atoms with Gasteiger partial charge in [0.1, 0.15) is 12.0 Å². The van der Waals surface area contributed by atoms with Crippen molar-refractivity contribution in [1.29, 1.82) is 0 Å². The number of hydrogen-bond donors (Lipinski definition) is 0. The van der Waals surface area contributed by atoms with Crippen LogP contribution in [0.15, 0.2) is 66.7 Å². The van der Waals surface area contributed by atoms with E-state index < -0.39 is 11.9 Å². The molecular formula is C27H32O3. The molecule has 3 nitrogen and oxygen atoms in total. The molecule has 0 heterocycles. The molecule has 0 N–H and O–H groups in total. The molecular weight excluding hydrogens is 372 g/mol. The molecule has 1 aliphatic rings. The minimum absolute atomic E-state index is 0.127. The van der Waals surface area contributed by atoms with E-state index in [1.807, 2.05) is 54.6 Å². The van der Waals surface area contributed by atoms with Gasteiger partial charge in [0.15, 0.2) is 5.78 Å². The van der Waals surface area contributed by atoms with Crippen LogP contribution >= 0.6 is 0 Å². The first-order chi connectivity index (χ1) is 14.5. The van der Waals surface area contributed by atoms with Crippen LogP contribution in [0.2, 0.25) is 0 Å². The monoisotopic (exact) mass is 404 g/mol. The van der Waals surface area contributed by atoms with Crippen molar-refractivity contribution < 1.29 is 14.3 Å². The fraction of sp³-hybridized carbons (Fsp3) is 0.407. The van der Waals surface area contributed by atoms with Gasteiger partial charge in [0.2, 0.25) is 0 Å². The zero-order valence-corrected chi connectivity index (χ0v) is 18.2. The van der Waals surface area contributed by atoms with E-state index in [4.69, 9.17) is 4.74 Å². The lowest BCUT2D eigenvalue weighted by atomic mass is 9.75. The summed E-state index contributed by atoms with van der Waals surface area (Å²) in [5, 5.41) is 0. The molecule has 1 saturated carbocycles. The number of benzene rings is 2. The number of carbonyl (C=O) groups excluding carboxylic acids is 2. The first-order valence-corrected chi connectivity index (χ1v) is 11.0. The summed E-state index contributed by atoms with van der Waals surface area (Å²) in [6.07, 6.45) is 6.48. The maximum absolute atomic E-state index is 13.2. The third-order valence-corrected chi connectivity index (χ3v) is 6.10. The summed E-state index contributed by atoms with van der Waals surface area (Å²) in [5.74, 6) is -0.300. The predicted molar refractivity (Wildman–Crippen MR) is 121 cm³/mol. The third kappa shape index (κ3) is 5.69. The second-order valence-electron chi connectivity index (χ2n) is 8.78. The van der Waals surface area contributed by atoms with Gasteiger partial charge in [-0.1, -0.05) is 100 Å². The zero-order chi connectivity index (χ0) is 21.5. The highest BCUT2D eigenvalue weighted by molar-refractivity contribution is 6.10. The van der Waals surface area contributed by atoms with Crippen LogP contribution in [0.5, 0.6) is 0 Å². The normalized spacial score (nSPS) is 22.7. The Balaban J connectivity index is 1.84. The van der Waals surface area contributed by atoms with Crippen LogP contribution in [-0.4, -0.2) is 17.9 Å². The van der Waals surface area contributed by atoms with Crippen molar-refractivity contribution in [1.82, 2.24) is 0 Å². The van der Waals surface area contributed by atoms with Gasteiger partial charge in [0.25, 0.3) is 0 Å². The Bertz CT molecular complexity index is 854. The van der Waals surface area contributed by atoms with Crippen molar-refractivity contribution >= 4 is 17.8 Å².